The Bertz CT molecular complexity index is 340. The summed E-state index contributed by atoms with van der Waals surface area (Å²) < 4.78 is 1.44. The second kappa shape index (κ2) is 6.31. The minimum Gasteiger partial charge on any atom is -0.261 e. The van der Waals surface area contributed by atoms with Crippen LogP contribution in [0.4, 0.5) is 0 Å². The third kappa shape index (κ3) is 3.89. The van der Waals surface area contributed by atoms with Gasteiger partial charge in [-0.2, -0.15) is 5.10 Å². The van der Waals surface area contributed by atoms with Crippen molar-refractivity contribution in [1.29, 1.82) is 0 Å². The largest absolute Gasteiger partial charge is 0.261 e. The van der Waals surface area contributed by atoms with Crippen molar-refractivity contribution in [2.24, 2.45) is 5.10 Å². The van der Waals surface area contributed by atoms with E-state index in [0.717, 1.165) is 9.41 Å². The zero-order chi connectivity index (χ0) is 10.4. The summed E-state index contributed by atoms with van der Waals surface area (Å²) in [5.41, 5.74) is 3.60. The highest BCUT2D eigenvalue weighted by Gasteiger charge is 1.99. The molecule has 0 spiro atoms. The fourth-order valence-corrected chi connectivity index (χ4v) is 1.30. The number of pyridine rings is 1. The molecule has 1 N–H and O–H groups in total. The topological polar surface area (TPSA) is 37.3 Å². The summed E-state index contributed by atoms with van der Waals surface area (Å²) in [6, 6.07) is 5.69. The van der Waals surface area contributed by atoms with Crippen molar-refractivity contribution in [3.63, 3.8) is 0 Å². The van der Waals surface area contributed by atoms with Crippen LogP contribution in [0.5, 0.6) is 0 Å². The Morgan fingerprint density at radius 1 is 1.64 bits per heavy atom. The molecule has 1 aromatic heterocycles. The van der Waals surface area contributed by atoms with Gasteiger partial charge in [-0.15, -0.1) is 0 Å². The molecular weight excluding hydrogens is 329 g/mol. The number of hydrazone groups is 1. The van der Waals surface area contributed by atoms with E-state index in [1.807, 2.05) is 24.5 Å². The molecule has 0 atom stereocenters. The second-order valence-electron chi connectivity index (χ2n) is 2.22. The molecule has 3 nitrogen and oxygen atoms in total. The molecule has 74 valence electrons. The lowest BCUT2D eigenvalue weighted by molar-refractivity contribution is 1.07. The van der Waals surface area contributed by atoms with Crippen LogP contribution in [0.3, 0.4) is 0 Å². The van der Waals surface area contributed by atoms with Crippen molar-refractivity contribution >= 4 is 54.6 Å². The number of aromatic nitrogens is 1. The molecule has 6 heteroatoms. The normalized spacial score (nSPS) is 11.1. The molecule has 0 aliphatic rings. The predicted octanol–water partition coefficient (Wildman–Crippen LogP) is 2.42. The number of nitrogens with zero attached hydrogens (tertiary/aromatic N) is 2. The Labute approximate surface area is 106 Å². The van der Waals surface area contributed by atoms with Gasteiger partial charge in [0.2, 0.25) is 0 Å². The van der Waals surface area contributed by atoms with Gasteiger partial charge in [0.1, 0.15) is 3.72 Å². The van der Waals surface area contributed by atoms with Crippen molar-refractivity contribution in [2.45, 2.75) is 0 Å². The number of hydrogen-bond donors (Lipinski definition) is 1. The highest BCUT2D eigenvalue weighted by Crippen LogP contribution is 2.03. The lowest BCUT2D eigenvalue weighted by atomic mass is 10.4. The van der Waals surface area contributed by atoms with E-state index in [2.05, 4.69) is 38.1 Å². The molecule has 0 aliphatic carbocycles. The van der Waals surface area contributed by atoms with E-state index in [1.165, 1.54) is 11.8 Å². The Balaban J connectivity index is 2.66. The van der Waals surface area contributed by atoms with Crippen LogP contribution in [0.2, 0.25) is 0 Å². The summed E-state index contributed by atoms with van der Waals surface area (Å²) in [6.07, 6.45) is 3.63. The Morgan fingerprint density at radius 3 is 3.00 bits per heavy atom. The van der Waals surface area contributed by atoms with Gasteiger partial charge in [0.25, 0.3) is 0 Å². The quantitative estimate of drug-likeness (QED) is 0.389. The van der Waals surface area contributed by atoms with Crippen LogP contribution in [0, 0.1) is 0 Å². The van der Waals surface area contributed by atoms with Crippen LogP contribution in [-0.2, 0) is 0 Å². The summed E-state index contributed by atoms with van der Waals surface area (Å²) in [7, 11) is 0. The minimum absolute atomic E-state index is 0.648. The van der Waals surface area contributed by atoms with Crippen LogP contribution in [0.15, 0.2) is 29.5 Å². The van der Waals surface area contributed by atoms with Crippen LogP contribution in [-0.4, -0.2) is 19.3 Å². The van der Waals surface area contributed by atoms with Crippen LogP contribution >= 0.6 is 46.6 Å². The van der Waals surface area contributed by atoms with E-state index in [1.54, 1.807) is 6.20 Å². The Morgan fingerprint density at radius 2 is 2.43 bits per heavy atom. The summed E-state index contributed by atoms with van der Waals surface area (Å²) in [5, 5.41) is 4.09. The summed E-state index contributed by atoms with van der Waals surface area (Å²) in [5.74, 6) is 0. The van der Waals surface area contributed by atoms with Gasteiger partial charge in [0.15, 0.2) is 4.32 Å². The highest BCUT2D eigenvalue weighted by atomic mass is 127. The summed E-state index contributed by atoms with van der Waals surface area (Å²) in [4.78, 5) is 4.15. The van der Waals surface area contributed by atoms with E-state index in [4.69, 9.17) is 12.2 Å². The van der Waals surface area contributed by atoms with Gasteiger partial charge in [-0.1, -0.05) is 30.0 Å². The first-order chi connectivity index (χ1) is 6.74. The van der Waals surface area contributed by atoms with E-state index in [9.17, 15) is 0 Å². The molecule has 0 aliphatic heterocycles. The lowest BCUT2D eigenvalue weighted by Gasteiger charge is -1.99. The van der Waals surface area contributed by atoms with Crippen LogP contribution in [0.25, 0.3) is 0 Å². The molecular formula is C8H8IN3S2. The zero-order valence-corrected chi connectivity index (χ0v) is 11.2. The van der Waals surface area contributed by atoms with Gasteiger partial charge in [-0.25, -0.2) is 0 Å². The van der Waals surface area contributed by atoms with Gasteiger partial charge in [0.05, 0.1) is 5.69 Å². The SMILES string of the molecule is CSC(=S)NN=C(I)c1ccccn1. The van der Waals surface area contributed by atoms with Gasteiger partial charge in [-0.05, 0) is 41.0 Å². The average molecular weight is 337 g/mol. The first-order valence-electron chi connectivity index (χ1n) is 3.72. The third-order valence-corrected chi connectivity index (χ3v) is 3.15. The van der Waals surface area contributed by atoms with E-state index in [0.29, 0.717) is 4.32 Å². The highest BCUT2D eigenvalue weighted by molar-refractivity contribution is 14.1. The molecule has 1 heterocycles. The fraction of sp³-hybridized carbons (Fsp3) is 0.125. The van der Waals surface area contributed by atoms with Crippen molar-refractivity contribution in [3.8, 4) is 0 Å². The zero-order valence-electron chi connectivity index (χ0n) is 7.40. The molecule has 0 bridgehead atoms. The number of halogens is 1. The maximum Gasteiger partial charge on any atom is 0.153 e. The number of thioether (sulfide) groups is 1. The van der Waals surface area contributed by atoms with Crippen LogP contribution in [0.1, 0.15) is 5.69 Å². The average Bonchev–Trinajstić information content (AvgIpc) is 2.26. The van der Waals surface area contributed by atoms with Gasteiger partial charge in [-0.3, -0.25) is 10.4 Å². The Hall–Kier alpha value is -0.210. The number of nitrogens with one attached hydrogen (secondary N) is 1. The Kier molecular flexibility index (Phi) is 5.34. The maximum absolute atomic E-state index is 4.94. The molecule has 0 unspecified atom stereocenters. The first kappa shape index (κ1) is 11.9. The molecule has 0 saturated heterocycles. The maximum atomic E-state index is 4.94. The van der Waals surface area contributed by atoms with Crippen LogP contribution < -0.4 is 5.43 Å². The third-order valence-electron chi connectivity index (χ3n) is 1.31. The van der Waals surface area contributed by atoms with Gasteiger partial charge < -0.3 is 0 Å². The van der Waals surface area contributed by atoms with Crippen molar-refractivity contribution in [3.05, 3.63) is 30.1 Å². The molecule has 14 heavy (non-hydrogen) atoms. The lowest BCUT2D eigenvalue weighted by Crippen LogP contribution is -2.12. The molecule has 1 rings (SSSR count). The molecule has 0 amide bonds. The first-order valence-corrected chi connectivity index (χ1v) is 6.43. The summed E-state index contributed by atoms with van der Waals surface area (Å²) in [6.45, 7) is 0. The van der Waals surface area contributed by atoms with E-state index in [-0.39, 0.29) is 0 Å². The monoisotopic (exact) mass is 337 g/mol. The number of hydrogen-bond acceptors (Lipinski definition) is 4. The fourth-order valence-electron chi connectivity index (χ4n) is 0.682. The van der Waals surface area contributed by atoms with Crippen molar-refractivity contribution in [1.82, 2.24) is 10.4 Å². The standard InChI is InChI=1S/C8H8IN3S2/c1-14-8(13)12-11-7(9)6-4-2-3-5-10-6/h2-5H,1H3,(H,12,13). The molecule has 1 aromatic rings. The molecule has 0 saturated carbocycles. The number of thiocarbonyl (C=S) groups is 1. The van der Waals surface area contributed by atoms with E-state index < -0.39 is 0 Å². The van der Waals surface area contributed by atoms with Gasteiger partial charge in [0, 0.05) is 6.20 Å². The van der Waals surface area contributed by atoms with Crippen molar-refractivity contribution < 1.29 is 0 Å². The predicted molar refractivity (Wildman–Crippen MR) is 74.0 cm³/mol. The molecule has 0 fully saturated rings. The number of rotatable bonds is 2. The van der Waals surface area contributed by atoms with Gasteiger partial charge >= 0.3 is 0 Å². The minimum atomic E-state index is 0.648. The smallest absolute Gasteiger partial charge is 0.153 e. The van der Waals surface area contributed by atoms with Crippen molar-refractivity contribution in [2.75, 3.05) is 6.26 Å². The summed E-state index contributed by atoms with van der Waals surface area (Å²) >= 11 is 8.51. The molecule has 0 radical (unpaired) electrons. The second-order valence-corrected chi connectivity index (χ2v) is 4.73. The molecule has 0 aromatic carbocycles. The van der Waals surface area contributed by atoms with E-state index >= 15 is 0 Å².